The molecule has 106 valence electrons. The fourth-order valence-corrected chi connectivity index (χ4v) is 12.8. The molecule has 2 fully saturated rings. The van der Waals surface area contributed by atoms with Gasteiger partial charge in [0.15, 0.2) is 0 Å². The van der Waals surface area contributed by atoms with E-state index >= 15 is 0 Å². The van der Waals surface area contributed by atoms with Gasteiger partial charge in [-0.25, -0.2) is 0 Å². The Morgan fingerprint density at radius 2 is 1.05 bits per heavy atom. The molecular weight excluding hydrogens is 286 g/mol. The summed E-state index contributed by atoms with van der Waals surface area (Å²) in [6, 6.07) is 0. The Balaban J connectivity index is 1.94. The van der Waals surface area contributed by atoms with Crippen LogP contribution in [0.3, 0.4) is 0 Å². The molecule has 0 spiro atoms. The summed E-state index contributed by atoms with van der Waals surface area (Å²) in [5.41, 5.74) is 3.84. The van der Waals surface area contributed by atoms with Crippen LogP contribution in [-0.2, 0) is 0 Å². The molecule has 2 aliphatic heterocycles. The first-order valence-corrected chi connectivity index (χ1v) is 11.6. The van der Waals surface area contributed by atoms with Crippen molar-refractivity contribution in [2.75, 3.05) is 0 Å². The number of thiophene rings is 1. The highest BCUT2D eigenvalue weighted by atomic mass is 32.1. The van der Waals surface area contributed by atoms with Gasteiger partial charge >= 0.3 is 0 Å². The van der Waals surface area contributed by atoms with Crippen molar-refractivity contribution in [2.45, 2.75) is 76.0 Å². The molecule has 0 aliphatic carbocycles. The Labute approximate surface area is 124 Å². The zero-order chi connectivity index (χ0) is 13.6. The second-order valence-electron chi connectivity index (χ2n) is 6.51. The summed E-state index contributed by atoms with van der Waals surface area (Å²) in [5, 5.41) is 8.70. The van der Waals surface area contributed by atoms with Crippen molar-refractivity contribution in [3.63, 3.8) is 0 Å². The van der Waals surface area contributed by atoms with Gasteiger partial charge in [0.05, 0.1) is 0 Å². The zero-order valence-electron chi connectivity index (χ0n) is 12.6. The molecule has 3 heteroatoms. The van der Waals surface area contributed by atoms with E-state index < -0.39 is 0 Å². The Kier molecular flexibility index (Phi) is 4.38. The normalized spacial score (nSPS) is 37.3. The lowest BCUT2D eigenvalue weighted by Crippen LogP contribution is -2.25. The summed E-state index contributed by atoms with van der Waals surface area (Å²) in [4.78, 5) is 0. The molecule has 4 atom stereocenters. The van der Waals surface area contributed by atoms with Crippen LogP contribution in [0, 0.1) is 0 Å². The average molecular weight is 312 g/mol. The van der Waals surface area contributed by atoms with Crippen molar-refractivity contribution >= 4 is 37.8 Å². The maximum absolute atomic E-state index is 2.53. The van der Waals surface area contributed by atoms with Gasteiger partial charge in [-0.2, -0.15) is 11.3 Å². The molecule has 0 radical (unpaired) electrons. The van der Waals surface area contributed by atoms with E-state index in [2.05, 4.69) is 38.5 Å². The highest BCUT2D eigenvalue weighted by molar-refractivity contribution is 7.74. The smallest absolute Gasteiger partial charge is 0.000946 e. The highest BCUT2D eigenvalue weighted by Crippen LogP contribution is 2.59. The second-order valence-corrected chi connectivity index (χ2v) is 13.4. The highest BCUT2D eigenvalue weighted by Gasteiger charge is 2.38. The van der Waals surface area contributed by atoms with Gasteiger partial charge in [-0.15, -0.1) is 0 Å². The monoisotopic (exact) mass is 312 g/mol. The van der Waals surface area contributed by atoms with Gasteiger partial charge in [-0.1, -0.05) is 43.5 Å². The van der Waals surface area contributed by atoms with Crippen LogP contribution in [0.4, 0.5) is 0 Å². The number of hydrogen-bond acceptors (Lipinski definition) is 1. The zero-order valence-corrected chi connectivity index (χ0v) is 15.2. The summed E-state index contributed by atoms with van der Waals surface area (Å²) in [6.07, 6.45) is 5.85. The summed E-state index contributed by atoms with van der Waals surface area (Å²) < 4.78 is 0. The van der Waals surface area contributed by atoms with E-state index in [1.165, 1.54) is 25.7 Å². The first-order chi connectivity index (χ1) is 9.09. The van der Waals surface area contributed by atoms with Crippen LogP contribution in [0.5, 0.6) is 0 Å². The van der Waals surface area contributed by atoms with Crippen molar-refractivity contribution in [3.05, 3.63) is 10.8 Å². The SMILES string of the molecule is C[C@@H]1CC[C@@H](C)P1c1cscc1P1[C@H](C)CC[C@H]1C. The molecule has 0 nitrogen and oxygen atoms in total. The number of rotatable bonds is 2. The molecule has 1 aromatic rings. The van der Waals surface area contributed by atoms with Gasteiger partial charge < -0.3 is 0 Å². The van der Waals surface area contributed by atoms with Crippen LogP contribution < -0.4 is 10.6 Å². The van der Waals surface area contributed by atoms with Crippen molar-refractivity contribution in [1.82, 2.24) is 0 Å². The summed E-state index contributed by atoms with van der Waals surface area (Å²) in [5.74, 6) is 0. The third-order valence-electron chi connectivity index (χ3n) is 5.08. The Morgan fingerprint density at radius 1 is 0.737 bits per heavy atom. The Morgan fingerprint density at radius 3 is 1.37 bits per heavy atom. The van der Waals surface area contributed by atoms with Crippen molar-refractivity contribution in [3.8, 4) is 0 Å². The summed E-state index contributed by atoms with van der Waals surface area (Å²) >= 11 is 1.98. The molecule has 0 saturated carbocycles. The van der Waals surface area contributed by atoms with E-state index in [9.17, 15) is 0 Å². The molecule has 3 heterocycles. The van der Waals surface area contributed by atoms with Gasteiger partial charge in [0.1, 0.15) is 0 Å². The fraction of sp³-hybridized carbons (Fsp3) is 0.750. The molecule has 1 aromatic heterocycles. The van der Waals surface area contributed by atoms with Crippen molar-refractivity contribution < 1.29 is 0 Å². The first kappa shape index (κ1) is 14.5. The van der Waals surface area contributed by atoms with Crippen LogP contribution in [0.15, 0.2) is 10.8 Å². The molecular formula is C16H26P2S. The minimum atomic E-state index is 0.126. The van der Waals surface area contributed by atoms with E-state index in [-0.39, 0.29) is 15.8 Å². The van der Waals surface area contributed by atoms with Gasteiger partial charge in [0, 0.05) is 0 Å². The van der Waals surface area contributed by atoms with Crippen LogP contribution in [0.25, 0.3) is 0 Å². The number of hydrogen-bond donors (Lipinski definition) is 0. The fourth-order valence-electron chi connectivity index (χ4n) is 4.01. The minimum Gasteiger partial charge on any atom is -0.151 e. The van der Waals surface area contributed by atoms with E-state index in [1.807, 2.05) is 21.9 Å². The standard InChI is InChI=1S/C16H26P2S/c1-11-5-6-12(2)17(11)15-9-19-10-16(15)18-13(3)7-8-14(18)4/h9-14H,5-8H2,1-4H3/t11-,12-,13-,14-/m1/s1. The lowest BCUT2D eigenvalue weighted by Gasteiger charge is -2.27. The topological polar surface area (TPSA) is 0 Å². The Hall–Kier alpha value is 0.560. The van der Waals surface area contributed by atoms with E-state index in [0.717, 1.165) is 22.6 Å². The molecule has 2 aliphatic rings. The van der Waals surface area contributed by atoms with E-state index in [0.29, 0.717) is 0 Å². The van der Waals surface area contributed by atoms with Crippen LogP contribution >= 0.6 is 27.2 Å². The van der Waals surface area contributed by atoms with Gasteiger partial charge in [-0.05, 0) is 69.7 Å². The first-order valence-electron chi connectivity index (χ1n) is 7.72. The average Bonchev–Trinajstić information content (AvgIpc) is 3.02. The maximum atomic E-state index is 2.53. The molecule has 3 rings (SSSR count). The molecule has 0 amide bonds. The second kappa shape index (κ2) is 5.75. The van der Waals surface area contributed by atoms with Crippen molar-refractivity contribution in [2.24, 2.45) is 0 Å². The molecule has 19 heavy (non-hydrogen) atoms. The predicted molar refractivity (Wildman–Crippen MR) is 93.7 cm³/mol. The van der Waals surface area contributed by atoms with Gasteiger partial charge in [0.2, 0.25) is 0 Å². The Bertz CT molecular complexity index is 383. The summed E-state index contributed by atoms with van der Waals surface area (Å²) in [7, 11) is 0.252. The third-order valence-corrected chi connectivity index (χ3v) is 13.0. The van der Waals surface area contributed by atoms with Gasteiger partial charge in [-0.3, -0.25) is 0 Å². The minimum absolute atomic E-state index is 0.126. The van der Waals surface area contributed by atoms with E-state index in [1.54, 1.807) is 0 Å². The lowest BCUT2D eigenvalue weighted by atomic mass is 10.2. The molecule has 0 aromatic carbocycles. The van der Waals surface area contributed by atoms with E-state index in [4.69, 9.17) is 0 Å². The molecule has 2 saturated heterocycles. The quantitative estimate of drug-likeness (QED) is 0.666. The van der Waals surface area contributed by atoms with Crippen LogP contribution in [0.1, 0.15) is 53.4 Å². The van der Waals surface area contributed by atoms with Crippen LogP contribution in [-0.4, -0.2) is 22.6 Å². The summed E-state index contributed by atoms with van der Waals surface area (Å²) in [6.45, 7) is 10.0. The molecule has 0 unspecified atom stereocenters. The van der Waals surface area contributed by atoms with Gasteiger partial charge in [0.25, 0.3) is 0 Å². The predicted octanol–water partition coefficient (Wildman–Crippen LogP) is 5.10. The lowest BCUT2D eigenvalue weighted by molar-refractivity contribution is 0.777. The maximum Gasteiger partial charge on any atom is -0.000946 e. The van der Waals surface area contributed by atoms with Crippen LogP contribution in [0.2, 0.25) is 0 Å². The molecule has 0 N–H and O–H groups in total. The molecule has 0 bridgehead atoms. The third kappa shape index (κ3) is 2.56. The van der Waals surface area contributed by atoms with Crippen molar-refractivity contribution in [1.29, 1.82) is 0 Å². The largest absolute Gasteiger partial charge is 0.151 e.